The Morgan fingerprint density at radius 1 is 1.16 bits per heavy atom. The summed E-state index contributed by atoms with van der Waals surface area (Å²) in [5.41, 5.74) is 0.592. The number of hydrogen-bond donors (Lipinski definition) is 1. The Labute approximate surface area is 183 Å². The zero-order chi connectivity index (χ0) is 22.8. The number of fused-ring (bicyclic) bond motifs is 1. The molecule has 1 amide bonds. The number of benzene rings is 2. The van der Waals surface area contributed by atoms with Gasteiger partial charge in [-0.15, -0.1) is 0 Å². The number of methoxy groups -OCH3 is 1. The fourth-order valence-corrected chi connectivity index (χ4v) is 6.82. The van der Waals surface area contributed by atoms with E-state index in [1.54, 1.807) is 32.0 Å². The van der Waals surface area contributed by atoms with E-state index in [0.717, 1.165) is 0 Å². The molecule has 2 aromatic rings. The van der Waals surface area contributed by atoms with Crippen LogP contribution in [0.1, 0.15) is 42.2 Å². The molecule has 1 N–H and O–H groups in total. The third-order valence-electron chi connectivity index (χ3n) is 5.37. The molecule has 0 bridgehead atoms. The molecule has 1 aliphatic rings. The van der Waals surface area contributed by atoms with Gasteiger partial charge >= 0.3 is 0 Å². The summed E-state index contributed by atoms with van der Waals surface area (Å²) in [7, 11) is -5.76. The van der Waals surface area contributed by atoms with Gasteiger partial charge in [-0.3, -0.25) is 4.79 Å². The molecule has 8 nitrogen and oxygen atoms in total. The van der Waals surface area contributed by atoms with Gasteiger partial charge in [0.2, 0.25) is 10.0 Å². The van der Waals surface area contributed by atoms with Crippen LogP contribution in [0.15, 0.2) is 52.3 Å². The van der Waals surface area contributed by atoms with Crippen LogP contribution in [0.5, 0.6) is 5.75 Å². The third kappa shape index (κ3) is 4.46. The first-order chi connectivity index (χ1) is 14.7. The second-order valence-corrected chi connectivity index (χ2v) is 11.1. The van der Waals surface area contributed by atoms with E-state index in [2.05, 4.69) is 5.32 Å². The summed E-state index contributed by atoms with van der Waals surface area (Å²) in [5, 5.41) is 2.85. The molecule has 0 fully saturated rings. The molecule has 2 aromatic carbocycles. The van der Waals surface area contributed by atoms with Gasteiger partial charge in [-0.25, -0.2) is 16.8 Å². The molecule has 0 spiro atoms. The van der Waals surface area contributed by atoms with E-state index in [4.69, 9.17) is 4.74 Å². The topological polar surface area (TPSA) is 110 Å². The minimum Gasteiger partial charge on any atom is -0.496 e. The summed E-state index contributed by atoms with van der Waals surface area (Å²) in [6.45, 7) is 4.10. The van der Waals surface area contributed by atoms with Crippen molar-refractivity contribution in [1.29, 1.82) is 0 Å². The summed E-state index contributed by atoms with van der Waals surface area (Å²) < 4.78 is 57.0. The lowest BCUT2D eigenvalue weighted by Gasteiger charge is -2.26. The van der Waals surface area contributed by atoms with E-state index in [9.17, 15) is 21.6 Å². The SMILES string of the molecule is CCN(CC)S(=O)(=O)c1ccc(OC)c(C(=O)NC2CCS(=O)(=O)c3ccccc32)c1. The Hall–Kier alpha value is -2.43. The van der Waals surface area contributed by atoms with Crippen LogP contribution in [-0.2, 0) is 19.9 Å². The molecule has 3 rings (SSSR count). The lowest BCUT2D eigenvalue weighted by Crippen LogP contribution is -2.34. The van der Waals surface area contributed by atoms with E-state index in [-0.39, 0.29) is 33.3 Å². The molecule has 0 radical (unpaired) electrons. The van der Waals surface area contributed by atoms with Crippen molar-refractivity contribution in [3.63, 3.8) is 0 Å². The molecule has 10 heteroatoms. The molecule has 1 heterocycles. The molecule has 0 saturated heterocycles. The van der Waals surface area contributed by atoms with E-state index < -0.39 is 31.8 Å². The van der Waals surface area contributed by atoms with Gasteiger partial charge in [-0.05, 0) is 36.2 Å². The monoisotopic (exact) mass is 466 g/mol. The van der Waals surface area contributed by atoms with Crippen molar-refractivity contribution >= 4 is 25.8 Å². The van der Waals surface area contributed by atoms with Gasteiger partial charge in [-0.2, -0.15) is 4.31 Å². The molecule has 1 unspecified atom stereocenters. The molecule has 0 aliphatic carbocycles. The Bertz CT molecular complexity index is 1190. The molecule has 0 aromatic heterocycles. The summed E-state index contributed by atoms with van der Waals surface area (Å²) in [4.78, 5) is 13.3. The van der Waals surface area contributed by atoms with Crippen LogP contribution in [-0.4, -0.2) is 53.0 Å². The maximum absolute atomic E-state index is 13.1. The second-order valence-electron chi connectivity index (χ2n) is 7.12. The summed E-state index contributed by atoms with van der Waals surface area (Å²) in [6, 6.07) is 10.2. The maximum atomic E-state index is 13.1. The van der Waals surface area contributed by atoms with Crippen molar-refractivity contribution in [3.05, 3.63) is 53.6 Å². The zero-order valence-electron chi connectivity index (χ0n) is 17.7. The van der Waals surface area contributed by atoms with Gasteiger partial charge in [0, 0.05) is 13.1 Å². The highest BCUT2D eigenvalue weighted by Gasteiger charge is 2.32. The molecular formula is C21H26N2O6S2. The van der Waals surface area contributed by atoms with Crippen LogP contribution in [0.2, 0.25) is 0 Å². The quantitative estimate of drug-likeness (QED) is 0.671. The normalized spacial score (nSPS) is 17.7. The fourth-order valence-electron chi connectivity index (χ4n) is 3.71. The van der Waals surface area contributed by atoms with Crippen molar-refractivity contribution in [2.75, 3.05) is 26.0 Å². The zero-order valence-corrected chi connectivity index (χ0v) is 19.3. The minimum atomic E-state index is -3.76. The molecule has 1 atom stereocenters. The number of rotatable bonds is 7. The maximum Gasteiger partial charge on any atom is 0.255 e. The third-order valence-corrected chi connectivity index (χ3v) is 9.23. The van der Waals surface area contributed by atoms with Gasteiger partial charge < -0.3 is 10.1 Å². The standard InChI is InChI=1S/C21H26N2O6S2/c1-4-23(5-2)31(27,28)15-10-11-19(29-3)17(14-15)21(24)22-18-12-13-30(25,26)20-9-7-6-8-16(18)20/h6-11,14,18H,4-5,12-13H2,1-3H3,(H,22,24). The van der Waals surface area contributed by atoms with E-state index in [1.807, 2.05) is 0 Å². The molecular weight excluding hydrogens is 440 g/mol. The van der Waals surface area contributed by atoms with Crippen molar-refractivity contribution in [3.8, 4) is 5.75 Å². The highest BCUT2D eigenvalue weighted by Crippen LogP contribution is 2.33. The van der Waals surface area contributed by atoms with E-state index >= 15 is 0 Å². The predicted octanol–water partition coefficient (Wildman–Crippen LogP) is 2.37. The Morgan fingerprint density at radius 3 is 2.48 bits per heavy atom. The van der Waals surface area contributed by atoms with Crippen LogP contribution >= 0.6 is 0 Å². The van der Waals surface area contributed by atoms with Gasteiger partial charge in [0.1, 0.15) is 5.75 Å². The van der Waals surface area contributed by atoms with Crippen molar-refractivity contribution < 1.29 is 26.4 Å². The van der Waals surface area contributed by atoms with Gasteiger partial charge in [0.25, 0.3) is 5.91 Å². The smallest absolute Gasteiger partial charge is 0.255 e. The lowest BCUT2D eigenvalue weighted by atomic mass is 10.0. The Morgan fingerprint density at radius 2 is 1.84 bits per heavy atom. The number of carbonyl (C=O) groups excluding carboxylic acids is 1. The molecule has 1 aliphatic heterocycles. The van der Waals surface area contributed by atoms with Crippen LogP contribution in [0, 0.1) is 0 Å². The average molecular weight is 467 g/mol. The first kappa shape index (κ1) is 23.2. The average Bonchev–Trinajstić information content (AvgIpc) is 2.76. The minimum absolute atomic E-state index is 0.00577. The van der Waals surface area contributed by atoms with Crippen LogP contribution in [0.25, 0.3) is 0 Å². The molecule has 31 heavy (non-hydrogen) atoms. The first-order valence-electron chi connectivity index (χ1n) is 9.96. The van der Waals surface area contributed by atoms with Crippen molar-refractivity contribution in [2.45, 2.75) is 36.1 Å². The fraction of sp³-hybridized carbons (Fsp3) is 0.381. The number of amides is 1. The van der Waals surface area contributed by atoms with E-state index in [0.29, 0.717) is 18.7 Å². The Kier molecular flexibility index (Phi) is 6.73. The van der Waals surface area contributed by atoms with Crippen LogP contribution in [0.3, 0.4) is 0 Å². The highest BCUT2D eigenvalue weighted by atomic mass is 32.2. The number of sulfone groups is 1. The highest BCUT2D eigenvalue weighted by molar-refractivity contribution is 7.91. The van der Waals surface area contributed by atoms with Crippen molar-refractivity contribution in [1.82, 2.24) is 9.62 Å². The number of nitrogens with one attached hydrogen (secondary N) is 1. The van der Waals surface area contributed by atoms with Gasteiger partial charge in [-0.1, -0.05) is 32.0 Å². The lowest BCUT2D eigenvalue weighted by molar-refractivity contribution is 0.0931. The van der Waals surface area contributed by atoms with Crippen molar-refractivity contribution in [2.24, 2.45) is 0 Å². The number of ether oxygens (including phenoxy) is 1. The summed E-state index contributed by atoms with van der Waals surface area (Å²) in [6.07, 6.45) is 0.227. The largest absolute Gasteiger partial charge is 0.496 e. The summed E-state index contributed by atoms with van der Waals surface area (Å²) in [5.74, 6) is -0.386. The van der Waals surface area contributed by atoms with Crippen LogP contribution in [0.4, 0.5) is 0 Å². The number of sulfonamides is 1. The number of hydrogen-bond acceptors (Lipinski definition) is 6. The Balaban J connectivity index is 1.97. The predicted molar refractivity (Wildman–Crippen MR) is 116 cm³/mol. The second kappa shape index (κ2) is 8.97. The number of nitrogens with zero attached hydrogens (tertiary/aromatic N) is 1. The van der Waals surface area contributed by atoms with Crippen LogP contribution < -0.4 is 10.1 Å². The summed E-state index contributed by atoms with van der Waals surface area (Å²) >= 11 is 0. The van der Waals surface area contributed by atoms with Gasteiger partial charge in [0.15, 0.2) is 9.84 Å². The molecule has 0 saturated carbocycles. The van der Waals surface area contributed by atoms with E-state index in [1.165, 1.54) is 35.7 Å². The molecule has 168 valence electrons. The number of carbonyl (C=O) groups is 1. The van der Waals surface area contributed by atoms with Gasteiger partial charge in [0.05, 0.1) is 34.3 Å². The first-order valence-corrected chi connectivity index (χ1v) is 13.1.